The summed E-state index contributed by atoms with van der Waals surface area (Å²) in [7, 11) is 3.58. The SMILES string of the molecule is CN(C)C(=O)c1ccc(N2CCC(NCCC3(c4ccccc4)CCOC(C)(C)C3)CC2)cc1. The predicted octanol–water partition coefficient (Wildman–Crippen LogP) is 4.86. The van der Waals surface area contributed by atoms with Crippen LogP contribution in [0.2, 0.25) is 0 Å². The van der Waals surface area contributed by atoms with E-state index in [1.54, 1.807) is 19.0 Å². The second-order valence-electron chi connectivity index (χ2n) is 10.9. The molecule has 2 fully saturated rings. The van der Waals surface area contributed by atoms with Crippen molar-refractivity contribution < 1.29 is 9.53 Å². The van der Waals surface area contributed by atoms with Gasteiger partial charge in [0.15, 0.2) is 0 Å². The first-order valence-electron chi connectivity index (χ1n) is 12.8. The molecule has 2 saturated heterocycles. The lowest BCUT2D eigenvalue weighted by Gasteiger charge is -2.46. The lowest BCUT2D eigenvalue weighted by Crippen LogP contribution is -2.47. The number of hydrogen-bond donors (Lipinski definition) is 1. The molecule has 0 spiro atoms. The van der Waals surface area contributed by atoms with Gasteiger partial charge < -0.3 is 19.9 Å². The molecule has 0 bridgehead atoms. The van der Waals surface area contributed by atoms with Crippen LogP contribution in [0.15, 0.2) is 54.6 Å². The molecule has 5 heteroatoms. The lowest BCUT2D eigenvalue weighted by atomic mass is 9.67. The molecule has 4 rings (SSSR count). The Balaban J connectivity index is 1.30. The van der Waals surface area contributed by atoms with E-state index < -0.39 is 0 Å². The second kappa shape index (κ2) is 10.5. The standard InChI is InChI=1S/C29H41N3O2/c1-28(2)22-29(17-21-34-28,24-8-6-5-7-9-24)16-18-30-25-14-19-32(20-15-25)26-12-10-23(11-13-26)27(33)31(3)4/h5-13,25,30H,14-22H2,1-4H3. The summed E-state index contributed by atoms with van der Waals surface area (Å²) in [5, 5.41) is 3.88. The zero-order chi connectivity index (χ0) is 24.2. The van der Waals surface area contributed by atoms with E-state index in [4.69, 9.17) is 4.74 Å². The van der Waals surface area contributed by atoms with E-state index in [2.05, 4.69) is 66.5 Å². The average molecular weight is 464 g/mol. The van der Waals surface area contributed by atoms with Crippen molar-refractivity contribution in [1.82, 2.24) is 10.2 Å². The first-order valence-corrected chi connectivity index (χ1v) is 12.8. The third kappa shape index (κ3) is 5.81. The van der Waals surface area contributed by atoms with Crippen LogP contribution in [-0.4, -0.2) is 62.8 Å². The van der Waals surface area contributed by atoms with Crippen LogP contribution in [0.5, 0.6) is 0 Å². The fourth-order valence-corrected chi connectivity index (χ4v) is 5.80. The number of nitrogens with one attached hydrogen (secondary N) is 1. The van der Waals surface area contributed by atoms with Crippen LogP contribution in [0, 0.1) is 0 Å². The molecule has 1 unspecified atom stereocenters. The van der Waals surface area contributed by atoms with Crippen molar-refractivity contribution in [2.45, 2.75) is 63.0 Å². The second-order valence-corrected chi connectivity index (χ2v) is 10.9. The van der Waals surface area contributed by atoms with Gasteiger partial charge in [-0.15, -0.1) is 0 Å². The Morgan fingerprint density at radius 2 is 1.74 bits per heavy atom. The number of amides is 1. The molecule has 0 radical (unpaired) electrons. The molecule has 5 nitrogen and oxygen atoms in total. The van der Waals surface area contributed by atoms with Crippen molar-refractivity contribution in [3.63, 3.8) is 0 Å². The molecule has 2 aliphatic rings. The summed E-state index contributed by atoms with van der Waals surface area (Å²) >= 11 is 0. The summed E-state index contributed by atoms with van der Waals surface area (Å²) in [4.78, 5) is 16.2. The Bertz CT molecular complexity index is 934. The summed E-state index contributed by atoms with van der Waals surface area (Å²) in [6, 6.07) is 19.7. The maximum atomic E-state index is 12.1. The highest BCUT2D eigenvalue weighted by Crippen LogP contribution is 2.43. The number of hydrogen-bond acceptors (Lipinski definition) is 4. The zero-order valence-electron chi connectivity index (χ0n) is 21.3. The van der Waals surface area contributed by atoms with Gasteiger partial charge in [-0.3, -0.25) is 4.79 Å². The Labute approximate surface area is 205 Å². The van der Waals surface area contributed by atoms with Gasteiger partial charge in [0.05, 0.1) is 5.60 Å². The highest BCUT2D eigenvalue weighted by atomic mass is 16.5. The number of nitrogens with zero attached hydrogens (tertiary/aromatic N) is 2. The molecule has 1 N–H and O–H groups in total. The van der Waals surface area contributed by atoms with Crippen molar-refractivity contribution in [1.29, 1.82) is 0 Å². The van der Waals surface area contributed by atoms with Gasteiger partial charge in [0.1, 0.15) is 0 Å². The molecule has 0 aromatic heterocycles. The van der Waals surface area contributed by atoms with Crippen molar-refractivity contribution in [2.24, 2.45) is 0 Å². The molecule has 2 aliphatic heterocycles. The van der Waals surface area contributed by atoms with Crippen LogP contribution < -0.4 is 10.2 Å². The van der Waals surface area contributed by atoms with Crippen molar-refractivity contribution in [3.8, 4) is 0 Å². The molecular weight excluding hydrogens is 422 g/mol. The fourth-order valence-electron chi connectivity index (χ4n) is 5.80. The molecule has 1 amide bonds. The van der Waals surface area contributed by atoms with E-state index in [1.807, 2.05) is 12.1 Å². The molecule has 34 heavy (non-hydrogen) atoms. The van der Waals surface area contributed by atoms with Crippen molar-refractivity contribution >= 4 is 11.6 Å². The summed E-state index contributed by atoms with van der Waals surface area (Å²) in [6.07, 6.45) is 5.59. The molecular formula is C29H41N3O2. The average Bonchev–Trinajstić information content (AvgIpc) is 2.84. The largest absolute Gasteiger partial charge is 0.376 e. The number of carbonyl (C=O) groups is 1. The van der Waals surface area contributed by atoms with E-state index in [-0.39, 0.29) is 16.9 Å². The predicted molar refractivity (Wildman–Crippen MR) is 140 cm³/mol. The highest BCUT2D eigenvalue weighted by Gasteiger charge is 2.41. The van der Waals surface area contributed by atoms with Crippen LogP contribution in [0.4, 0.5) is 5.69 Å². The first kappa shape index (κ1) is 24.7. The van der Waals surface area contributed by atoms with Gasteiger partial charge in [0.2, 0.25) is 0 Å². The molecule has 2 heterocycles. The maximum Gasteiger partial charge on any atom is 0.253 e. The zero-order valence-corrected chi connectivity index (χ0v) is 21.3. The van der Waals surface area contributed by atoms with Crippen LogP contribution in [0.3, 0.4) is 0 Å². The third-order valence-electron chi connectivity index (χ3n) is 7.64. The molecule has 2 aromatic carbocycles. The van der Waals surface area contributed by atoms with E-state index in [0.717, 1.165) is 63.9 Å². The van der Waals surface area contributed by atoms with Gasteiger partial charge in [-0.25, -0.2) is 0 Å². The van der Waals surface area contributed by atoms with Gasteiger partial charge in [-0.2, -0.15) is 0 Å². The first-order chi connectivity index (χ1) is 16.3. The maximum absolute atomic E-state index is 12.1. The van der Waals surface area contributed by atoms with Crippen LogP contribution in [0.1, 0.15) is 61.9 Å². The third-order valence-corrected chi connectivity index (χ3v) is 7.64. The molecule has 0 saturated carbocycles. The number of anilines is 1. The van der Waals surface area contributed by atoms with Crippen LogP contribution in [0.25, 0.3) is 0 Å². The van der Waals surface area contributed by atoms with Gasteiger partial charge in [-0.05, 0) is 82.3 Å². The minimum absolute atomic E-state index is 0.0515. The van der Waals surface area contributed by atoms with Gasteiger partial charge >= 0.3 is 0 Å². The quantitative estimate of drug-likeness (QED) is 0.637. The van der Waals surface area contributed by atoms with E-state index in [1.165, 1.54) is 11.3 Å². The van der Waals surface area contributed by atoms with E-state index in [0.29, 0.717) is 6.04 Å². The highest BCUT2D eigenvalue weighted by molar-refractivity contribution is 5.94. The molecule has 1 atom stereocenters. The van der Waals surface area contributed by atoms with E-state index >= 15 is 0 Å². The monoisotopic (exact) mass is 463 g/mol. The Kier molecular flexibility index (Phi) is 7.63. The molecule has 184 valence electrons. The van der Waals surface area contributed by atoms with E-state index in [9.17, 15) is 4.79 Å². The topological polar surface area (TPSA) is 44.8 Å². The number of carbonyl (C=O) groups excluding carboxylic acids is 1. The Hall–Kier alpha value is -2.37. The van der Waals surface area contributed by atoms with Gasteiger partial charge in [0, 0.05) is 56.5 Å². The summed E-state index contributed by atoms with van der Waals surface area (Å²) in [5.41, 5.74) is 3.52. The number of piperidine rings is 1. The number of benzene rings is 2. The van der Waals surface area contributed by atoms with Crippen molar-refractivity contribution in [3.05, 3.63) is 65.7 Å². The fraction of sp³-hybridized carbons (Fsp3) is 0.552. The number of ether oxygens (including phenoxy) is 1. The Morgan fingerprint density at radius 1 is 1.06 bits per heavy atom. The van der Waals surface area contributed by atoms with Crippen molar-refractivity contribution in [2.75, 3.05) is 45.2 Å². The summed E-state index contributed by atoms with van der Waals surface area (Å²) < 4.78 is 6.08. The van der Waals surface area contributed by atoms with Crippen LogP contribution in [-0.2, 0) is 10.2 Å². The van der Waals surface area contributed by atoms with Crippen LogP contribution >= 0.6 is 0 Å². The van der Waals surface area contributed by atoms with Gasteiger partial charge in [-0.1, -0.05) is 30.3 Å². The molecule has 0 aliphatic carbocycles. The lowest BCUT2D eigenvalue weighted by molar-refractivity contribution is -0.0840. The summed E-state index contributed by atoms with van der Waals surface area (Å²) in [6.45, 7) is 8.43. The number of rotatable bonds is 7. The molecule has 2 aromatic rings. The minimum atomic E-state index is -0.0772. The normalized spacial score (nSPS) is 23.0. The Morgan fingerprint density at radius 3 is 2.35 bits per heavy atom. The summed E-state index contributed by atoms with van der Waals surface area (Å²) in [5.74, 6) is 0.0515. The van der Waals surface area contributed by atoms with Gasteiger partial charge in [0.25, 0.3) is 5.91 Å². The smallest absolute Gasteiger partial charge is 0.253 e. The minimum Gasteiger partial charge on any atom is -0.376 e.